The van der Waals surface area contributed by atoms with Gasteiger partial charge < -0.3 is 15.0 Å². The summed E-state index contributed by atoms with van der Waals surface area (Å²) in [4.78, 5) is 30.0. The Morgan fingerprint density at radius 1 is 1.09 bits per heavy atom. The molecule has 1 aliphatic rings. The first kappa shape index (κ1) is 22.1. The number of hydrogen-bond acceptors (Lipinski definition) is 4. The fourth-order valence-corrected chi connectivity index (χ4v) is 5.16. The fraction of sp³-hybridized carbons (Fsp3) is 0.308. The van der Waals surface area contributed by atoms with E-state index in [-0.39, 0.29) is 23.8 Å². The number of carbonyl (C=O) groups is 2. The first-order valence-corrected chi connectivity index (χ1v) is 11.7. The average molecular weight is 449 g/mol. The Morgan fingerprint density at radius 3 is 2.50 bits per heavy atom. The molecule has 2 aromatic carbocycles. The Bertz CT molecular complexity index is 1080. The number of benzene rings is 2. The molecular formula is C26H28N2O3S. The summed E-state index contributed by atoms with van der Waals surface area (Å²) in [5.74, 6) is 0.510. The van der Waals surface area contributed by atoms with Crippen LogP contribution in [0, 0.1) is 5.92 Å². The highest BCUT2D eigenvalue weighted by Crippen LogP contribution is 2.44. The van der Waals surface area contributed by atoms with E-state index in [4.69, 9.17) is 4.74 Å². The molecule has 1 aliphatic heterocycles. The third-order valence-corrected chi connectivity index (χ3v) is 6.69. The van der Waals surface area contributed by atoms with Crippen molar-refractivity contribution >= 4 is 23.2 Å². The SMILES string of the molecule is COc1ccc(CNC(=O)[C@H]2c3ccccc3C(=O)N(CC(C)C)[C@H]2c2cccs2)cc1. The van der Waals surface area contributed by atoms with Crippen LogP contribution in [-0.4, -0.2) is 30.4 Å². The van der Waals surface area contributed by atoms with Crippen molar-refractivity contribution in [1.82, 2.24) is 10.2 Å². The molecule has 166 valence electrons. The van der Waals surface area contributed by atoms with Gasteiger partial charge >= 0.3 is 0 Å². The van der Waals surface area contributed by atoms with Crippen molar-refractivity contribution < 1.29 is 14.3 Å². The number of ether oxygens (including phenoxy) is 1. The molecule has 0 saturated heterocycles. The maximum atomic E-state index is 13.6. The lowest BCUT2D eigenvalue weighted by Gasteiger charge is -2.42. The molecule has 2 atom stereocenters. The van der Waals surface area contributed by atoms with Crippen LogP contribution < -0.4 is 10.1 Å². The van der Waals surface area contributed by atoms with Crippen molar-refractivity contribution in [1.29, 1.82) is 0 Å². The third kappa shape index (κ3) is 4.41. The van der Waals surface area contributed by atoms with Gasteiger partial charge in [-0.15, -0.1) is 11.3 Å². The van der Waals surface area contributed by atoms with Crippen molar-refractivity contribution in [3.63, 3.8) is 0 Å². The second-order valence-electron chi connectivity index (χ2n) is 8.44. The summed E-state index contributed by atoms with van der Waals surface area (Å²) >= 11 is 1.59. The molecule has 0 saturated carbocycles. The molecular weight excluding hydrogens is 420 g/mol. The lowest BCUT2D eigenvalue weighted by molar-refractivity contribution is -0.124. The number of nitrogens with one attached hydrogen (secondary N) is 1. The van der Waals surface area contributed by atoms with Gasteiger partial charge in [0.2, 0.25) is 5.91 Å². The number of nitrogens with zero attached hydrogens (tertiary/aromatic N) is 1. The zero-order valence-electron chi connectivity index (χ0n) is 18.6. The molecule has 3 aromatic rings. The zero-order valence-corrected chi connectivity index (χ0v) is 19.4. The maximum absolute atomic E-state index is 13.6. The van der Waals surface area contributed by atoms with Gasteiger partial charge in [-0.25, -0.2) is 0 Å². The predicted octanol–water partition coefficient (Wildman–Crippen LogP) is 5.01. The van der Waals surface area contributed by atoms with E-state index in [0.29, 0.717) is 18.7 Å². The predicted molar refractivity (Wildman–Crippen MR) is 127 cm³/mol. The number of fused-ring (bicyclic) bond motifs is 1. The second-order valence-corrected chi connectivity index (χ2v) is 9.42. The highest BCUT2D eigenvalue weighted by Gasteiger charge is 2.44. The molecule has 0 radical (unpaired) electrons. The van der Waals surface area contributed by atoms with Gasteiger partial charge in [-0.2, -0.15) is 0 Å². The van der Waals surface area contributed by atoms with Gasteiger partial charge in [-0.3, -0.25) is 9.59 Å². The number of carbonyl (C=O) groups excluding carboxylic acids is 2. The van der Waals surface area contributed by atoms with Crippen LogP contribution in [0.4, 0.5) is 0 Å². The quantitative estimate of drug-likeness (QED) is 0.553. The van der Waals surface area contributed by atoms with Crippen LogP contribution in [-0.2, 0) is 11.3 Å². The zero-order chi connectivity index (χ0) is 22.7. The summed E-state index contributed by atoms with van der Waals surface area (Å²) in [7, 11) is 1.63. The van der Waals surface area contributed by atoms with Crippen LogP contribution in [0.25, 0.3) is 0 Å². The van der Waals surface area contributed by atoms with Gasteiger partial charge in [0, 0.05) is 23.5 Å². The second kappa shape index (κ2) is 9.57. The number of rotatable bonds is 7. The lowest BCUT2D eigenvalue weighted by Crippen LogP contribution is -2.48. The summed E-state index contributed by atoms with van der Waals surface area (Å²) in [5.41, 5.74) is 2.40. The van der Waals surface area contributed by atoms with Gasteiger partial charge in [0.1, 0.15) is 5.75 Å². The highest BCUT2D eigenvalue weighted by atomic mass is 32.1. The number of thiophene rings is 1. The first-order chi connectivity index (χ1) is 15.5. The van der Waals surface area contributed by atoms with Crippen LogP contribution in [0.3, 0.4) is 0 Å². The molecule has 0 bridgehead atoms. The fourth-order valence-electron chi connectivity index (χ4n) is 4.29. The molecule has 32 heavy (non-hydrogen) atoms. The lowest BCUT2D eigenvalue weighted by atomic mass is 9.81. The van der Waals surface area contributed by atoms with Crippen molar-refractivity contribution in [2.75, 3.05) is 13.7 Å². The Kier molecular flexibility index (Phi) is 6.61. The standard InChI is InChI=1S/C26H28N2O3S/c1-17(2)16-28-24(22-9-6-14-32-22)23(20-7-4-5-8-21(20)26(28)30)25(29)27-15-18-10-12-19(31-3)13-11-18/h4-14,17,23-24H,15-16H2,1-3H3,(H,27,29)/t23-,24-/m0/s1. The summed E-state index contributed by atoms with van der Waals surface area (Å²) < 4.78 is 5.21. The molecule has 0 spiro atoms. The molecule has 0 fully saturated rings. The summed E-state index contributed by atoms with van der Waals surface area (Å²) in [6, 6.07) is 18.8. The van der Waals surface area contributed by atoms with Crippen LogP contribution in [0.1, 0.15) is 52.2 Å². The maximum Gasteiger partial charge on any atom is 0.254 e. The van der Waals surface area contributed by atoms with E-state index in [9.17, 15) is 9.59 Å². The summed E-state index contributed by atoms with van der Waals surface area (Å²) in [6.07, 6.45) is 0. The van der Waals surface area contributed by atoms with Gasteiger partial charge in [-0.1, -0.05) is 50.2 Å². The summed E-state index contributed by atoms with van der Waals surface area (Å²) in [5, 5.41) is 5.11. The van der Waals surface area contributed by atoms with E-state index < -0.39 is 5.92 Å². The Morgan fingerprint density at radius 2 is 1.84 bits per heavy atom. The van der Waals surface area contributed by atoms with Gasteiger partial charge in [0.15, 0.2) is 0 Å². The van der Waals surface area contributed by atoms with Crippen molar-refractivity contribution in [3.8, 4) is 5.75 Å². The minimum Gasteiger partial charge on any atom is -0.497 e. The number of hydrogen-bond donors (Lipinski definition) is 1. The molecule has 4 rings (SSSR count). The molecule has 0 aliphatic carbocycles. The Balaban J connectivity index is 1.69. The number of amides is 2. The van der Waals surface area contributed by atoms with Crippen molar-refractivity contribution in [2.24, 2.45) is 5.92 Å². The molecule has 5 nitrogen and oxygen atoms in total. The molecule has 1 aromatic heterocycles. The van der Waals surface area contributed by atoms with Gasteiger partial charge in [0.05, 0.1) is 19.1 Å². The van der Waals surface area contributed by atoms with Gasteiger partial charge in [0.25, 0.3) is 5.91 Å². The van der Waals surface area contributed by atoms with Crippen LogP contribution in [0.15, 0.2) is 66.0 Å². The highest BCUT2D eigenvalue weighted by molar-refractivity contribution is 7.10. The smallest absolute Gasteiger partial charge is 0.254 e. The Hall–Kier alpha value is -3.12. The topological polar surface area (TPSA) is 58.6 Å². The van der Waals surface area contributed by atoms with Crippen LogP contribution in [0.2, 0.25) is 0 Å². The largest absolute Gasteiger partial charge is 0.497 e. The van der Waals surface area contributed by atoms with Gasteiger partial charge in [-0.05, 0) is 46.7 Å². The first-order valence-electron chi connectivity index (χ1n) is 10.8. The van der Waals surface area contributed by atoms with E-state index >= 15 is 0 Å². The van der Waals surface area contributed by atoms with Crippen LogP contribution >= 0.6 is 11.3 Å². The normalized spacial score (nSPS) is 17.9. The van der Waals surface area contributed by atoms with Crippen molar-refractivity contribution in [3.05, 3.63) is 87.6 Å². The molecule has 6 heteroatoms. The Labute approximate surface area is 193 Å². The van der Waals surface area contributed by atoms with E-state index in [0.717, 1.165) is 21.8 Å². The molecule has 2 amide bonds. The molecule has 2 heterocycles. The summed E-state index contributed by atoms with van der Waals surface area (Å²) in [6.45, 7) is 5.20. The van der Waals surface area contributed by atoms with E-state index in [1.165, 1.54) is 0 Å². The number of methoxy groups -OCH3 is 1. The van der Waals surface area contributed by atoms with E-state index in [1.54, 1.807) is 18.4 Å². The monoisotopic (exact) mass is 448 g/mol. The molecule has 1 N–H and O–H groups in total. The third-order valence-electron chi connectivity index (χ3n) is 5.74. The van der Waals surface area contributed by atoms with E-state index in [2.05, 4.69) is 19.2 Å². The van der Waals surface area contributed by atoms with Crippen molar-refractivity contribution in [2.45, 2.75) is 32.4 Å². The average Bonchev–Trinajstić information content (AvgIpc) is 3.33. The van der Waals surface area contributed by atoms with Crippen LogP contribution in [0.5, 0.6) is 5.75 Å². The minimum absolute atomic E-state index is 0.00750. The minimum atomic E-state index is -0.473. The molecule has 0 unspecified atom stereocenters. The van der Waals surface area contributed by atoms with E-state index in [1.807, 2.05) is 70.9 Å².